The van der Waals surface area contributed by atoms with Gasteiger partial charge in [0, 0.05) is 5.92 Å². The zero-order valence-corrected chi connectivity index (χ0v) is 7.25. The van der Waals surface area contributed by atoms with E-state index >= 15 is 0 Å². The molecule has 2 bridgehead atoms. The molecule has 0 aliphatic heterocycles. The Bertz CT molecular complexity index is 195. The van der Waals surface area contributed by atoms with Gasteiger partial charge in [-0.3, -0.25) is 0 Å². The first-order chi connectivity index (χ1) is 5.20. The van der Waals surface area contributed by atoms with Crippen molar-refractivity contribution in [3.63, 3.8) is 0 Å². The van der Waals surface area contributed by atoms with Crippen LogP contribution in [0.4, 0.5) is 0 Å². The summed E-state index contributed by atoms with van der Waals surface area (Å²) in [6.07, 6.45) is 4.68. The Morgan fingerprint density at radius 1 is 1.55 bits per heavy atom. The third-order valence-corrected chi connectivity index (χ3v) is 3.58. The van der Waals surface area contributed by atoms with E-state index in [1.165, 1.54) is 18.4 Å². The number of aliphatic hydroxyl groups excluding tert-OH is 1. The lowest BCUT2D eigenvalue weighted by Gasteiger charge is -2.18. The highest BCUT2D eigenvalue weighted by Gasteiger charge is 2.41. The molecule has 1 fully saturated rings. The molecule has 2 aliphatic rings. The highest BCUT2D eigenvalue weighted by atomic mass is 16.3. The lowest BCUT2D eigenvalue weighted by molar-refractivity contribution is 0.106. The highest BCUT2D eigenvalue weighted by Crippen LogP contribution is 2.45. The predicted molar refractivity (Wildman–Crippen MR) is 45.1 cm³/mol. The van der Waals surface area contributed by atoms with Gasteiger partial charge in [-0.25, -0.2) is 0 Å². The van der Waals surface area contributed by atoms with Crippen molar-refractivity contribution in [3.8, 4) is 0 Å². The van der Waals surface area contributed by atoms with E-state index in [0.29, 0.717) is 11.8 Å². The zero-order chi connectivity index (χ0) is 8.01. The van der Waals surface area contributed by atoms with Gasteiger partial charge in [0.25, 0.3) is 0 Å². The fourth-order valence-electron chi connectivity index (χ4n) is 2.58. The van der Waals surface area contributed by atoms with Crippen molar-refractivity contribution in [1.29, 1.82) is 0 Å². The fourth-order valence-corrected chi connectivity index (χ4v) is 2.58. The van der Waals surface area contributed by atoms with Gasteiger partial charge in [0.15, 0.2) is 0 Å². The van der Waals surface area contributed by atoms with Crippen LogP contribution in [0.3, 0.4) is 0 Å². The van der Waals surface area contributed by atoms with Crippen LogP contribution in [0.15, 0.2) is 11.6 Å². The molecule has 1 heteroatoms. The Kier molecular flexibility index (Phi) is 1.57. The molecule has 0 amide bonds. The van der Waals surface area contributed by atoms with Crippen LogP contribution in [0.2, 0.25) is 0 Å². The molecule has 2 rings (SSSR count). The summed E-state index contributed by atoms with van der Waals surface area (Å²) in [5.41, 5.74) is 1.41. The summed E-state index contributed by atoms with van der Waals surface area (Å²) in [7, 11) is 0. The second-order valence-corrected chi connectivity index (χ2v) is 4.14. The molecule has 0 heterocycles. The second-order valence-electron chi connectivity index (χ2n) is 4.14. The minimum atomic E-state index is -0.0567. The third kappa shape index (κ3) is 0.943. The van der Waals surface area contributed by atoms with E-state index in [2.05, 4.69) is 19.9 Å². The van der Waals surface area contributed by atoms with Crippen molar-refractivity contribution in [2.75, 3.05) is 0 Å². The number of rotatable bonds is 0. The van der Waals surface area contributed by atoms with Gasteiger partial charge in [-0.15, -0.1) is 0 Å². The minimum absolute atomic E-state index is 0.0567. The summed E-state index contributed by atoms with van der Waals surface area (Å²) in [4.78, 5) is 0. The monoisotopic (exact) mass is 152 g/mol. The highest BCUT2D eigenvalue weighted by molar-refractivity contribution is 5.15. The van der Waals surface area contributed by atoms with Crippen LogP contribution in [0.25, 0.3) is 0 Å². The summed E-state index contributed by atoms with van der Waals surface area (Å²) in [6, 6.07) is 0. The number of aliphatic hydroxyl groups is 1. The molecular weight excluding hydrogens is 136 g/mol. The first-order valence-electron chi connectivity index (χ1n) is 4.55. The average molecular weight is 152 g/mol. The quantitative estimate of drug-likeness (QED) is 0.526. The van der Waals surface area contributed by atoms with Crippen molar-refractivity contribution in [2.45, 2.75) is 32.8 Å². The first-order valence-corrected chi connectivity index (χ1v) is 4.55. The molecule has 1 nitrogen and oxygen atoms in total. The summed E-state index contributed by atoms with van der Waals surface area (Å²) < 4.78 is 0. The number of hydrogen-bond acceptors (Lipinski definition) is 1. The van der Waals surface area contributed by atoms with E-state index in [4.69, 9.17) is 0 Å². The maximum atomic E-state index is 9.80. The Morgan fingerprint density at radius 3 is 2.91 bits per heavy atom. The molecule has 62 valence electrons. The Balaban J connectivity index is 2.26. The summed E-state index contributed by atoms with van der Waals surface area (Å²) in [5.74, 6) is 1.77. The maximum Gasteiger partial charge on any atom is 0.0633 e. The summed E-state index contributed by atoms with van der Waals surface area (Å²) in [5, 5.41) is 9.80. The molecule has 11 heavy (non-hydrogen) atoms. The predicted octanol–water partition coefficient (Wildman–Crippen LogP) is 1.97. The zero-order valence-electron chi connectivity index (χ0n) is 7.25. The van der Waals surface area contributed by atoms with Gasteiger partial charge in [-0.1, -0.05) is 18.6 Å². The van der Waals surface area contributed by atoms with E-state index in [1.54, 1.807) is 0 Å². The van der Waals surface area contributed by atoms with Crippen molar-refractivity contribution in [1.82, 2.24) is 0 Å². The van der Waals surface area contributed by atoms with Gasteiger partial charge in [0.1, 0.15) is 0 Å². The van der Waals surface area contributed by atoms with Crippen LogP contribution in [0.5, 0.6) is 0 Å². The SMILES string of the molecule is CC1=CCC2CC1C(O)C2C. The largest absolute Gasteiger partial charge is 0.392 e. The van der Waals surface area contributed by atoms with Gasteiger partial charge in [0.05, 0.1) is 6.10 Å². The molecule has 0 aromatic carbocycles. The molecular formula is C10H16O. The smallest absolute Gasteiger partial charge is 0.0633 e. The molecule has 4 unspecified atom stereocenters. The van der Waals surface area contributed by atoms with Gasteiger partial charge in [-0.2, -0.15) is 0 Å². The number of allylic oxidation sites excluding steroid dienone is 1. The van der Waals surface area contributed by atoms with Crippen molar-refractivity contribution in [2.24, 2.45) is 17.8 Å². The maximum absolute atomic E-state index is 9.80. The molecule has 4 atom stereocenters. The third-order valence-electron chi connectivity index (χ3n) is 3.58. The van der Waals surface area contributed by atoms with Gasteiger partial charge in [-0.05, 0) is 31.6 Å². The van der Waals surface area contributed by atoms with Crippen molar-refractivity contribution < 1.29 is 5.11 Å². The minimum Gasteiger partial charge on any atom is -0.392 e. The van der Waals surface area contributed by atoms with Crippen LogP contribution in [-0.2, 0) is 0 Å². The standard InChI is InChI=1S/C10H16O/c1-6-3-4-8-5-9(6)10(11)7(8)2/h3,7-11H,4-5H2,1-2H3. The normalized spacial score (nSPS) is 49.2. The average Bonchev–Trinajstić information content (AvgIpc) is 2.24. The summed E-state index contributed by atoms with van der Waals surface area (Å²) in [6.45, 7) is 4.34. The number of fused-ring (bicyclic) bond motifs is 2. The molecule has 0 aromatic rings. The van der Waals surface area contributed by atoms with Gasteiger partial charge < -0.3 is 5.11 Å². The fraction of sp³-hybridized carbons (Fsp3) is 0.800. The van der Waals surface area contributed by atoms with E-state index in [1.807, 2.05) is 0 Å². The van der Waals surface area contributed by atoms with Crippen LogP contribution >= 0.6 is 0 Å². The van der Waals surface area contributed by atoms with E-state index in [0.717, 1.165) is 5.92 Å². The Labute approximate surface area is 68.1 Å². The van der Waals surface area contributed by atoms with Crippen LogP contribution in [-0.4, -0.2) is 11.2 Å². The molecule has 1 saturated carbocycles. The molecule has 0 saturated heterocycles. The van der Waals surface area contributed by atoms with Crippen molar-refractivity contribution >= 4 is 0 Å². The summed E-state index contributed by atoms with van der Waals surface area (Å²) >= 11 is 0. The lowest BCUT2D eigenvalue weighted by atomic mass is 9.88. The van der Waals surface area contributed by atoms with Crippen LogP contribution in [0, 0.1) is 17.8 Å². The number of hydrogen-bond donors (Lipinski definition) is 1. The van der Waals surface area contributed by atoms with Crippen LogP contribution < -0.4 is 0 Å². The molecule has 1 N–H and O–H groups in total. The first kappa shape index (κ1) is 7.35. The van der Waals surface area contributed by atoms with E-state index in [9.17, 15) is 5.11 Å². The van der Waals surface area contributed by atoms with E-state index < -0.39 is 0 Å². The van der Waals surface area contributed by atoms with Gasteiger partial charge in [0.2, 0.25) is 0 Å². The van der Waals surface area contributed by atoms with E-state index in [-0.39, 0.29) is 6.10 Å². The van der Waals surface area contributed by atoms with Crippen LogP contribution in [0.1, 0.15) is 26.7 Å². The Morgan fingerprint density at radius 2 is 2.27 bits per heavy atom. The van der Waals surface area contributed by atoms with Crippen molar-refractivity contribution in [3.05, 3.63) is 11.6 Å². The lowest BCUT2D eigenvalue weighted by Crippen LogP contribution is -2.19. The molecule has 0 spiro atoms. The second kappa shape index (κ2) is 2.34. The topological polar surface area (TPSA) is 20.2 Å². The van der Waals surface area contributed by atoms with Gasteiger partial charge >= 0.3 is 0 Å². The molecule has 0 aromatic heterocycles. The Hall–Kier alpha value is -0.300. The molecule has 0 radical (unpaired) electrons. The molecule has 2 aliphatic carbocycles.